The summed E-state index contributed by atoms with van der Waals surface area (Å²) in [5, 5.41) is 78.3. The van der Waals surface area contributed by atoms with E-state index in [1.165, 1.54) is 34.0 Å². The molecule has 0 saturated carbocycles. The summed E-state index contributed by atoms with van der Waals surface area (Å²) < 4.78 is 0. The van der Waals surface area contributed by atoms with Gasteiger partial charge in [-0.2, -0.15) is 42.1 Å². The van der Waals surface area contributed by atoms with Crippen LogP contribution in [-0.2, 0) is 0 Å². The summed E-state index contributed by atoms with van der Waals surface area (Å²) in [5.74, 6) is 0. The SMILES string of the molecule is N#CC(C#N)=C(C1=C=CC=C1)C(=C(C#N)C#N)c1ccc(-c2ccc(-c3ccc(C(=C(C#N)C#N)C(C4=C=CC=C4)=C(C#N)C#N)s3)s2)s1. The number of rotatable bonds is 8. The van der Waals surface area contributed by atoms with E-state index in [0.29, 0.717) is 20.9 Å². The Morgan fingerprint density at radius 3 is 1.02 bits per heavy atom. The number of nitriles is 8. The van der Waals surface area contributed by atoms with Gasteiger partial charge in [-0.1, -0.05) is 12.2 Å². The predicted molar refractivity (Wildman–Crippen MR) is 185 cm³/mol. The fourth-order valence-corrected chi connectivity index (χ4v) is 8.18. The highest BCUT2D eigenvalue weighted by atomic mass is 32.1. The first kappa shape index (κ1) is 32.9. The molecule has 222 valence electrons. The molecule has 0 aliphatic heterocycles. The Hall–Kier alpha value is -7.50. The first-order valence-corrected chi connectivity index (χ1v) is 16.2. The summed E-state index contributed by atoms with van der Waals surface area (Å²) in [4.78, 5) is 4.35. The van der Waals surface area contributed by atoms with Crippen molar-refractivity contribution in [2.75, 3.05) is 0 Å². The van der Waals surface area contributed by atoms with Crippen LogP contribution in [0.1, 0.15) is 9.75 Å². The highest BCUT2D eigenvalue weighted by Crippen LogP contribution is 2.46. The van der Waals surface area contributed by atoms with Gasteiger partial charge in [0.05, 0.1) is 0 Å². The normalized spacial score (nSPS) is 11.2. The Morgan fingerprint density at radius 2 is 0.714 bits per heavy atom. The van der Waals surface area contributed by atoms with Crippen molar-refractivity contribution < 1.29 is 0 Å². The van der Waals surface area contributed by atoms with Gasteiger partial charge in [0.1, 0.15) is 70.8 Å². The first-order chi connectivity index (χ1) is 24.0. The third-order valence-electron chi connectivity index (χ3n) is 6.93. The van der Waals surface area contributed by atoms with Gasteiger partial charge in [-0.05, 0) is 60.7 Å². The van der Waals surface area contributed by atoms with Gasteiger partial charge >= 0.3 is 0 Å². The standard InChI is InChI=1S/C38H12N8S3/c39-15-25(16-40)35(23-5-1-2-6-23)37(27(19-43)20-44)33-13-11-31(48-33)29-9-10-30(47-29)32-12-14-34(49-32)38(28(21-45)22-46)36(26(17-41)18-42)24-7-3-4-8-24/h1-5,7,9-14H. The van der Waals surface area contributed by atoms with Crippen LogP contribution in [0.15, 0.2) is 129 Å². The Labute approximate surface area is 292 Å². The summed E-state index contributed by atoms with van der Waals surface area (Å²) in [6.07, 6.45) is 9.91. The van der Waals surface area contributed by atoms with E-state index >= 15 is 0 Å². The van der Waals surface area contributed by atoms with Crippen molar-refractivity contribution in [3.05, 3.63) is 139 Å². The summed E-state index contributed by atoms with van der Waals surface area (Å²) in [6.45, 7) is 0. The molecule has 11 heteroatoms. The van der Waals surface area contributed by atoms with Crippen molar-refractivity contribution in [2.24, 2.45) is 0 Å². The van der Waals surface area contributed by atoms with Crippen molar-refractivity contribution in [3.63, 3.8) is 0 Å². The Balaban J connectivity index is 1.58. The summed E-state index contributed by atoms with van der Waals surface area (Å²) in [6, 6.07) is 26.1. The molecule has 5 rings (SSSR count). The lowest BCUT2D eigenvalue weighted by Crippen LogP contribution is -1.98. The topological polar surface area (TPSA) is 190 Å². The molecule has 0 N–H and O–H groups in total. The van der Waals surface area contributed by atoms with Crippen LogP contribution in [0.5, 0.6) is 0 Å². The highest BCUT2D eigenvalue weighted by molar-refractivity contribution is 7.27. The van der Waals surface area contributed by atoms with E-state index < -0.39 is 0 Å². The molecule has 2 aliphatic carbocycles. The Kier molecular flexibility index (Phi) is 9.88. The van der Waals surface area contributed by atoms with E-state index in [1.54, 1.807) is 48.6 Å². The molecular formula is C38H12N8S3. The number of allylic oxidation sites excluding steroid dienone is 14. The van der Waals surface area contributed by atoms with Crippen LogP contribution in [0, 0.1) is 90.6 Å². The molecule has 3 aromatic heterocycles. The quantitative estimate of drug-likeness (QED) is 0.128. The van der Waals surface area contributed by atoms with Crippen LogP contribution in [0.25, 0.3) is 30.7 Å². The largest absolute Gasteiger partial charge is 0.192 e. The van der Waals surface area contributed by atoms with Gasteiger partial charge < -0.3 is 0 Å². The molecule has 3 aromatic rings. The summed E-state index contributed by atoms with van der Waals surface area (Å²) in [7, 11) is 0. The molecule has 0 amide bonds. The molecule has 0 aromatic carbocycles. The molecule has 0 unspecified atom stereocenters. The van der Waals surface area contributed by atoms with Gasteiger partial charge in [0.15, 0.2) is 0 Å². The van der Waals surface area contributed by atoms with Gasteiger partial charge in [-0.3, -0.25) is 0 Å². The van der Waals surface area contributed by atoms with Gasteiger partial charge in [0, 0.05) is 62.7 Å². The molecule has 0 radical (unpaired) electrons. The number of hydrogen-bond donors (Lipinski definition) is 0. The third kappa shape index (κ3) is 6.31. The third-order valence-corrected chi connectivity index (χ3v) is 10.6. The molecule has 0 spiro atoms. The molecule has 3 heterocycles. The van der Waals surface area contributed by atoms with Crippen molar-refractivity contribution in [1.82, 2.24) is 0 Å². The Morgan fingerprint density at radius 1 is 0.408 bits per heavy atom. The van der Waals surface area contributed by atoms with E-state index in [2.05, 4.69) is 11.5 Å². The monoisotopic (exact) mass is 676 g/mol. The van der Waals surface area contributed by atoms with E-state index in [-0.39, 0.29) is 44.6 Å². The minimum atomic E-state index is -0.252. The zero-order valence-electron chi connectivity index (χ0n) is 24.7. The fourth-order valence-electron chi connectivity index (χ4n) is 4.86. The van der Waals surface area contributed by atoms with E-state index in [0.717, 1.165) is 19.5 Å². The Bertz CT molecular complexity index is 2410. The maximum absolute atomic E-state index is 9.84. The van der Waals surface area contributed by atoms with Crippen LogP contribution in [0.4, 0.5) is 0 Å². The lowest BCUT2D eigenvalue weighted by molar-refractivity contribution is 1.41. The van der Waals surface area contributed by atoms with E-state index in [9.17, 15) is 42.1 Å². The number of nitrogens with zero attached hydrogens (tertiary/aromatic N) is 8. The first-order valence-electron chi connectivity index (χ1n) is 13.7. The van der Waals surface area contributed by atoms with Gasteiger partial charge in [0.2, 0.25) is 0 Å². The van der Waals surface area contributed by atoms with Gasteiger partial charge in [-0.25, -0.2) is 0 Å². The zero-order chi connectivity index (χ0) is 34.9. The predicted octanol–water partition coefficient (Wildman–Crippen LogP) is 8.80. The van der Waals surface area contributed by atoms with Crippen LogP contribution in [0.2, 0.25) is 0 Å². The summed E-state index contributed by atoms with van der Waals surface area (Å²) >= 11 is 4.04. The average Bonchev–Trinajstić information content (AvgIpc) is 3.98. The second-order valence-corrected chi connectivity index (χ2v) is 12.8. The molecule has 0 fully saturated rings. The lowest BCUT2D eigenvalue weighted by atomic mass is 9.90. The van der Waals surface area contributed by atoms with Gasteiger partial charge in [-0.15, -0.1) is 45.5 Å². The molecule has 0 saturated heterocycles. The smallest absolute Gasteiger partial charge is 0.139 e. The fraction of sp³-hybridized carbons (Fsp3) is 0. The van der Waals surface area contributed by atoms with E-state index in [1.807, 2.05) is 72.8 Å². The second-order valence-electron chi connectivity index (χ2n) is 9.55. The molecule has 8 nitrogen and oxygen atoms in total. The second kappa shape index (κ2) is 14.7. The van der Waals surface area contributed by atoms with Crippen LogP contribution < -0.4 is 0 Å². The van der Waals surface area contributed by atoms with Crippen molar-refractivity contribution in [3.8, 4) is 68.1 Å². The van der Waals surface area contributed by atoms with Gasteiger partial charge in [0.25, 0.3) is 0 Å². The average molecular weight is 677 g/mol. The summed E-state index contributed by atoms with van der Waals surface area (Å²) in [5.41, 5.74) is 6.41. The minimum absolute atomic E-state index is 0.154. The molecule has 2 aliphatic rings. The van der Waals surface area contributed by atoms with Crippen LogP contribution in [0.3, 0.4) is 0 Å². The van der Waals surface area contributed by atoms with Crippen molar-refractivity contribution >= 4 is 45.2 Å². The molecule has 0 bridgehead atoms. The molecular weight excluding hydrogens is 665 g/mol. The van der Waals surface area contributed by atoms with Crippen LogP contribution >= 0.6 is 34.0 Å². The van der Waals surface area contributed by atoms with E-state index in [4.69, 9.17) is 0 Å². The molecule has 0 atom stereocenters. The number of hydrogen-bond acceptors (Lipinski definition) is 11. The minimum Gasteiger partial charge on any atom is -0.192 e. The maximum atomic E-state index is 9.84. The lowest BCUT2D eigenvalue weighted by Gasteiger charge is -2.11. The van der Waals surface area contributed by atoms with Crippen molar-refractivity contribution in [1.29, 1.82) is 42.1 Å². The molecule has 49 heavy (non-hydrogen) atoms. The highest BCUT2D eigenvalue weighted by Gasteiger charge is 2.26. The zero-order valence-corrected chi connectivity index (χ0v) is 27.2. The maximum Gasteiger partial charge on any atom is 0.139 e. The number of thiophene rings is 3. The van der Waals surface area contributed by atoms with Crippen LogP contribution in [-0.4, -0.2) is 0 Å². The van der Waals surface area contributed by atoms with Crippen molar-refractivity contribution in [2.45, 2.75) is 0 Å².